The van der Waals surface area contributed by atoms with Gasteiger partial charge in [0, 0.05) is 63.0 Å². The lowest BCUT2D eigenvalue weighted by Gasteiger charge is -2.41. The molecule has 3 rings (SSSR count). The molecule has 2 aliphatic rings. The maximum absolute atomic E-state index is 9.46. The zero-order chi connectivity index (χ0) is 17.6. The molecule has 0 aliphatic carbocycles. The van der Waals surface area contributed by atoms with E-state index in [0.717, 1.165) is 45.1 Å². The van der Waals surface area contributed by atoms with Crippen molar-refractivity contribution in [3.05, 3.63) is 11.1 Å². The highest BCUT2D eigenvalue weighted by Gasteiger charge is 2.27. The number of thiazole rings is 1. The van der Waals surface area contributed by atoms with Crippen molar-refractivity contribution in [1.29, 1.82) is 0 Å². The van der Waals surface area contributed by atoms with Gasteiger partial charge in [-0.15, -0.1) is 11.3 Å². The van der Waals surface area contributed by atoms with Crippen LogP contribution in [0.2, 0.25) is 0 Å². The molecule has 25 heavy (non-hydrogen) atoms. The molecule has 0 radical (unpaired) electrons. The second kappa shape index (κ2) is 9.31. The Hall–Kier alpha value is -0.690. The van der Waals surface area contributed by atoms with Crippen LogP contribution < -0.4 is 4.90 Å². The highest BCUT2D eigenvalue weighted by molar-refractivity contribution is 7.15. The molecule has 0 saturated carbocycles. The summed E-state index contributed by atoms with van der Waals surface area (Å²) in [7, 11) is 0. The fourth-order valence-corrected chi connectivity index (χ4v) is 4.89. The largest absolute Gasteiger partial charge is 0.396 e. The number of hydrogen-bond donors (Lipinski definition) is 1. The Morgan fingerprint density at radius 2 is 2.04 bits per heavy atom. The van der Waals surface area contributed by atoms with Crippen molar-refractivity contribution in [2.75, 3.05) is 50.8 Å². The number of nitrogens with zero attached hydrogens (tertiary/aromatic N) is 4. The van der Waals surface area contributed by atoms with Gasteiger partial charge in [-0.25, -0.2) is 4.98 Å². The molecule has 1 N–H and O–H groups in total. The molecule has 0 bridgehead atoms. The van der Waals surface area contributed by atoms with Crippen LogP contribution in [-0.2, 0) is 6.54 Å². The van der Waals surface area contributed by atoms with Crippen molar-refractivity contribution in [3.8, 4) is 0 Å². The maximum Gasteiger partial charge on any atom is 0.185 e. The molecule has 0 amide bonds. The van der Waals surface area contributed by atoms with Crippen molar-refractivity contribution in [1.82, 2.24) is 14.8 Å². The van der Waals surface area contributed by atoms with Gasteiger partial charge in [0.05, 0.1) is 0 Å². The third-order valence-corrected chi connectivity index (χ3v) is 6.49. The summed E-state index contributed by atoms with van der Waals surface area (Å²) in [6, 6.07) is 0.489. The van der Waals surface area contributed by atoms with E-state index in [1.807, 2.05) is 11.3 Å². The summed E-state index contributed by atoms with van der Waals surface area (Å²) in [5.74, 6) is 0.744. The predicted octanol–water partition coefficient (Wildman–Crippen LogP) is 2.66. The van der Waals surface area contributed by atoms with Gasteiger partial charge in [0.25, 0.3) is 0 Å². The second-order valence-electron chi connectivity index (χ2n) is 7.92. The summed E-state index contributed by atoms with van der Waals surface area (Å²) in [4.78, 5) is 13.6. The Labute approximate surface area is 156 Å². The molecule has 0 spiro atoms. The van der Waals surface area contributed by atoms with E-state index in [-0.39, 0.29) is 6.61 Å². The Balaban J connectivity index is 1.53. The van der Waals surface area contributed by atoms with E-state index in [4.69, 9.17) is 0 Å². The summed E-state index contributed by atoms with van der Waals surface area (Å²) in [5, 5.41) is 10.7. The SMILES string of the molecule is CC(C)CCN1CCN(Cc2cnc(N3CCCC3)s2)C[C@H]1CCO. The lowest BCUT2D eigenvalue weighted by Crippen LogP contribution is -2.53. The van der Waals surface area contributed by atoms with Gasteiger partial charge in [-0.05, 0) is 38.1 Å². The van der Waals surface area contributed by atoms with Crippen LogP contribution in [0.5, 0.6) is 0 Å². The summed E-state index contributed by atoms with van der Waals surface area (Å²) in [6.45, 7) is 12.7. The second-order valence-corrected chi connectivity index (χ2v) is 9.02. The van der Waals surface area contributed by atoms with Crippen LogP contribution in [0.25, 0.3) is 0 Å². The average molecular weight is 367 g/mol. The van der Waals surface area contributed by atoms with Gasteiger partial charge in [0.1, 0.15) is 0 Å². The molecule has 2 aliphatic heterocycles. The van der Waals surface area contributed by atoms with Gasteiger partial charge in [-0.1, -0.05) is 13.8 Å². The maximum atomic E-state index is 9.46. The number of anilines is 1. The number of rotatable bonds is 8. The number of aliphatic hydroxyl groups excluding tert-OH is 1. The van der Waals surface area contributed by atoms with E-state index in [9.17, 15) is 5.11 Å². The molecule has 2 fully saturated rings. The highest BCUT2D eigenvalue weighted by atomic mass is 32.1. The van der Waals surface area contributed by atoms with E-state index in [1.165, 1.54) is 42.4 Å². The number of piperazine rings is 1. The Morgan fingerprint density at radius 3 is 2.76 bits per heavy atom. The van der Waals surface area contributed by atoms with Crippen LogP contribution in [0.4, 0.5) is 5.13 Å². The summed E-state index contributed by atoms with van der Waals surface area (Å²) < 4.78 is 0. The lowest BCUT2D eigenvalue weighted by molar-refractivity contribution is 0.0528. The van der Waals surface area contributed by atoms with Gasteiger partial charge in [0.15, 0.2) is 5.13 Å². The number of hydrogen-bond acceptors (Lipinski definition) is 6. The summed E-state index contributed by atoms with van der Waals surface area (Å²) >= 11 is 1.86. The fraction of sp³-hybridized carbons (Fsp3) is 0.842. The van der Waals surface area contributed by atoms with Crippen LogP contribution in [-0.4, -0.2) is 71.8 Å². The minimum absolute atomic E-state index is 0.288. The topological polar surface area (TPSA) is 42.8 Å². The molecule has 2 saturated heterocycles. The highest BCUT2D eigenvalue weighted by Crippen LogP contribution is 2.27. The molecular formula is C19H34N4OS. The van der Waals surface area contributed by atoms with E-state index in [2.05, 4.69) is 39.7 Å². The molecule has 3 heterocycles. The van der Waals surface area contributed by atoms with Crippen molar-refractivity contribution in [2.24, 2.45) is 5.92 Å². The van der Waals surface area contributed by atoms with Crippen molar-refractivity contribution < 1.29 is 5.11 Å². The molecular weight excluding hydrogens is 332 g/mol. The number of aromatic nitrogens is 1. The Kier molecular flexibility index (Phi) is 7.10. The molecule has 1 atom stereocenters. The molecule has 5 nitrogen and oxygen atoms in total. The third-order valence-electron chi connectivity index (χ3n) is 5.44. The minimum atomic E-state index is 0.288. The van der Waals surface area contributed by atoms with Crippen molar-refractivity contribution in [2.45, 2.75) is 52.1 Å². The van der Waals surface area contributed by atoms with Gasteiger partial charge >= 0.3 is 0 Å². The first-order valence-electron chi connectivity index (χ1n) is 9.92. The Morgan fingerprint density at radius 1 is 1.24 bits per heavy atom. The van der Waals surface area contributed by atoms with Crippen LogP contribution in [0.15, 0.2) is 6.20 Å². The van der Waals surface area contributed by atoms with E-state index < -0.39 is 0 Å². The normalized spacial score (nSPS) is 23.0. The smallest absolute Gasteiger partial charge is 0.185 e. The zero-order valence-electron chi connectivity index (χ0n) is 15.9. The molecule has 142 valence electrons. The first-order valence-corrected chi connectivity index (χ1v) is 10.7. The molecule has 1 aromatic heterocycles. The van der Waals surface area contributed by atoms with Gasteiger partial charge in [-0.2, -0.15) is 0 Å². The monoisotopic (exact) mass is 366 g/mol. The number of aliphatic hydroxyl groups is 1. The first kappa shape index (κ1) is 19.1. The molecule has 1 aromatic rings. The summed E-state index contributed by atoms with van der Waals surface area (Å²) in [6.07, 6.45) is 6.81. The Bertz CT molecular complexity index is 515. The average Bonchev–Trinajstić information content (AvgIpc) is 3.25. The van der Waals surface area contributed by atoms with E-state index in [0.29, 0.717) is 6.04 Å². The van der Waals surface area contributed by atoms with Crippen molar-refractivity contribution in [3.63, 3.8) is 0 Å². The van der Waals surface area contributed by atoms with Crippen LogP contribution in [0.1, 0.15) is 44.4 Å². The quantitative estimate of drug-likeness (QED) is 0.766. The third kappa shape index (κ3) is 5.39. The lowest BCUT2D eigenvalue weighted by atomic mass is 10.1. The summed E-state index contributed by atoms with van der Waals surface area (Å²) in [5.41, 5.74) is 0. The van der Waals surface area contributed by atoms with Gasteiger partial charge in [-0.3, -0.25) is 9.80 Å². The minimum Gasteiger partial charge on any atom is -0.396 e. The van der Waals surface area contributed by atoms with E-state index in [1.54, 1.807) is 0 Å². The predicted molar refractivity (Wildman–Crippen MR) is 105 cm³/mol. The van der Waals surface area contributed by atoms with Crippen LogP contribution in [0, 0.1) is 5.92 Å². The van der Waals surface area contributed by atoms with Crippen LogP contribution in [0.3, 0.4) is 0 Å². The molecule has 0 aromatic carbocycles. The van der Waals surface area contributed by atoms with Crippen LogP contribution >= 0.6 is 11.3 Å². The zero-order valence-corrected chi connectivity index (χ0v) is 16.7. The first-order chi connectivity index (χ1) is 12.2. The van der Waals surface area contributed by atoms with E-state index >= 15 is 0 Å². The fourth-order valence-electron chi connectivity index (χ4n) is 3.89. The van der Waals surface area contributed by atoms with Gasteiger partial charge in [0.2, 0.25) is 0 Å². The molecule has 0 unspecified atom stereocenters. The standard InChI is InChI=1S/C19H34N4OS/c1-16(2)5-9-22-11-10-21(14-17(22)6-12-24)15-18-13-20-19(25-18)23-7-3-4-8-23/h13,16-17,24H,3-12,14-15H2,1-2H3/t17-/m1/s1. The van der Waals surface area contributed by atoms with Gasteiger partial charge < -0.3 is 10.0 Å². The molecule has 6 heteroatoms. The van der Waals surface area contributed by atoms with Crippen molar-refractivity contribution >= 4 is 16.5 Å².